The summed E-state index contributed by atoms with van der Waals surface area (Å²) in [6, 6.07) is -0.361. The van der Waals surface area contributed by atoms with E-state index < -0.39 is 51.3 Å². The normalized spacial score (nSPS) is 33.8. The predicted octanol–water partition coefficient (Wildman–Crippen LogP) is -3.42. The van der Waals surface area contributed by atoms with Gasteiger partial charge in [-0.05, 0) is 69.9 Å². The number of nitrogens with two attached hydrogens (primary N) is 4. The highest BCUT2D eigenvalue weighted by atomic mass is 32.2. The summed E-state index contributed by atoms with van der Waals surface area (Å²) in [5, 5.41) is 37.0. The van der Waals surface area contributed by atoms with Gasteiger partial charge < -0.3 is 43.0 Å². The molecule has 3 unspecified atom stereocenters. The Balaban J connectivity index is 1.68. The Morgan fingerprint density at radius 2 is 1.31 bits per heavy atom. The summed E-state index contributed by atoms with van der Waals surface area (Å²) in [6.45, 7) is 4.30. The smallest absolute Gasteiger partial charge is 0.427 e. The highest BCUT2D eigenvalue weighted by molar-refractivity contribution is 7.87. The van der Waals surface area contributed by atoms with Gasteiger partial charge in [-0.3, -0.25) is 0 Å². The molecule has 12 N–H and O–H groups in total. The maximum atomic E-state index is 13.6. The molecule has 1 aliphatic carbocycles. The van der Waals surface area contributed by atoms with E-state index in [-0.39, 0.29) is 75.7 Å². The first kappa shape index (κ1) is 39.0. The second-order valence-electron chi connectivity index (χ2n) is 14.4. The van der Waals surface area contributed by atoms with Crippen LogP contribution in [0.2, 0.25) is 12.6 Å². The van der Waals surface area contributed by atoms with E-state index in [0.717, 1.165) is 0 Å². The first-order valence-corrected chi connectivity index (χ1v) is 18.6. The van der Waals surface area contributed by atoms with Gasteiger partial charge >= 0.3 is 14.2 Å². The fourth-order valence-electron chi connectivity index (χ4n) is 7.17. The fraction of sp³-hybridized carbons (Fsp3) is 1.00. The minimum absolute atomic E-state index is 0.0513. The van der Waals surface area contributed by atoms with Gasteiger partial charge in [0.1, 0.15) is 0 Å². The van der Waals surface area contributed by atoms with Crippen LogP contribution in [0.5, 0.6) is 0 Å². The van der Waals surface area contributed by atoms with Crippen LogP contribution in [-0.2, 0) is 20.4 Å². The summed E-state index contributed by atoms with van der Waals surface area (Å²) < 4.78 is 59.1. The van der Waals surface area contributed by atoms with Crippen molar-refractivity contribution in [3.8, 4) is 0 Å². The van der Waals surface area contributed by atoms with Gasteiger partial charge in [-0.1, -0.05) is 12.8 Å². The quantitative estimate of drug-likeness (QED) is 0.0657. The van der Waals surface area contributed by atoms with E-state index in [1.807, 2.05) is 6.92 Å². The topological polar surface area (TPSA) is 266 Å². The van der Waals surface area contributed by atoms with Gasteiger partial charge in [-0.2, -0.15) is 34.1 Å². The molecule has 0 aromatic carbocycles. The molecule has 0 aromatic rings. The van der Waals surface area contributed by atoms with Gasteiger partial charge in [-0.25, -0.2) is 0 Å². The molecular formula is C25H56B2N8O8S2. The zero-order valence-corrected chi connectivity index (χ0v) is 28.8. The van der Waals surface area contributed by atoms with Crippen molar-refractivity contribution >= 4 is 34.7 Å². The molecule has 45 heavy (non-hydrogen) atoms. The second-order valence-corrected chi connectivity index (χ2v) is 18.5. The van der Waals surface area contributed by atoms with Crippen molar-refractivity contribution in [3.63, 3.8) is 0 Å². The minimum Gasteiger partial charge on any atom is -0.427 e. The van der Waals surface area contributed by atoms with Gasteiger partial charge in [0.2, 0.25) is 0 Å². The summed E-state index contributed by atoms with van der Waals surface area (Å²) in [6.07, 6.45) is 3.24. The van der Waals surface area contributed by atoms with E-state index in [9.17, 15) is 26.9 Å². The van der Waals surface area contributed by atoms with E-state index in [0.29, 0.717) is 38.5 Å². The molecule has 20 heteroatoms. The average Bonchev–Trinajstić information content (AvgIpc) is 3.19. The van der Waals surface area contributed by atoms with Crippen molar-refractivity contribution in [2.24, 2.45) is 40.7 Å². The van der Waals surface area contributed by atoms with Crippen LogP contribution < -0.4 is 22.9 Å². The standard InChI is InChI=1S/C25H56B2N8O8S2/c1-19(28)13-32(3)44(40,41)35-15-21(8-6-10-27(38)39)25(31,18-35)12-22-11-24(22,30)17-33(4)45(42,43)34-14-20(23(2,29)16-34)7-5-9-26(36)37/h19-22,36-39H,5-18,28-31H2,1-4H3/t19?,20-,21-,22?,23-,24?,25-/m0/s1. The molecule has 0 bridgehead atoms. The number of nitrogens with zero attached hydrogens (tertiary/aromatic N) is 4. The minimum atomic E-state index is -3.90. The third-order valence-corrected chi connectivity index (χ3v) is 13.7. The Bertz CT molecular complexity index is 1220. The predicted molar refractivity (Wildman–Crippen MR) is 174 cm³/mol. The Morgan fingerprint density at radius 3 is 1.84 bits per heavy atom. The van der Waals surface area contributed by atoms with Crippen molar-refractivity contribution in [3.05, 3.63) is 0 Å². The summed E-state index contributed by atoms with van der Waals surface area (Å²) >= 11 is 0. The van der Waals surface area contributed by atoms with Crippen molar-refractivity contribution in [2.45, 2.75) is 87.7 Å². The molecule has 2 heterocycles. The molecule has 16 nitrogen and oxygen atoms in total. The van der Waals surface area contributed by atoms with Crippen LogP contribution in [-0.4, -0.2) is 144 Å². The Hall–Kier alpha value is -0.450. The lowest BCUT2D eigenvalue weighted by molar-refractivity contribution is 0.272. The molecule has 0 radical (unpaired) electrons. The van der Waals surface area contributed by atoms with Crippen LogP contribution in [0.4, 0.5) is 0 Å². The lowest BCUT2D eigenvalue weighted by atomic mass is 9.76. The Labute approximate surface area is 270 Å². The third kappa shape index (κ3) is 9.59. The van der Waals surface area contributed by atoms with Gasteiger partial charge in [0.25, 0.3) is 20.4 Å². The second kappa shape index (κ2) is 14.6. The molecule has 0 aromatic heterocycles. The van der Waals surface area contributed by atoms with Crippen LogP contribution >= 0.6 is 0 Å². The van der Waals surface area contributed by atoms with Crippen molar-refractivity contribution in [1.29, 1.82) is 0 Å². The molecule has 7 atom stereocenters. The van der Waals surface area contributed by atoms with E-state index in [1.54, 1.807) is 6.92 Å². The van der Waals surface area contributed by atoms with E-state index >= 15 is 0 Å². The third-order valence-electron chi connectivity index (χ3n) is 10.0. The van der Waals surface area contributed by atoms with Crippen LogP contribution in [0.15, 0.2) is 0 Å². The van der Waals surface area contributed by atoms with Crippen molar-refractivity contribution < 1.29 is 36.9 Å². The SMILES string of the molecule is CC(N)CN(C)S(=O)(=O)N1C[C@H](CCCB(O)O)[C@](N)(CC2CC2(N)CN(C)S(=O)(=O)N2C[C@H](CCCB(O)O)[C@@](C)(N)C2)C1. The lowest BCUT2D eigenvalue weighted by Gasteiger charge is -2.32. The molecule has 3 aliphatic rings. The van der Waals surface area contributed by atoms with Gasteiger partial charge in [-0.15, -0.1) is 0 Å². The summed E-state index contributed by atoms with van der Waals surface area (Å²) in [4.78, 5) is 0. The monoisotopic (exact) mass is 682 g/mol. The molecule has 2 aliphatic heterocycles. The number of likely N-dealkylation sites (N-methyl/N-ethyl adjacent to an activating group) is 2. The Kier molecular flexibility index (Phi) is 12.6. The largest absolute Gasteiger partial charge is 0.451 e. The van der Waals surface area contributed by atoms with Crippen LogP contribution in [0, 0.1) is 17.8 Å². The first-order valence-electron chi connectivity index (χ1n) is 15.8. The maximum Gasteiger partial charge on any atom is 0.451 e. The van der Waals surface area contributed by atoms with Crippen LogP contribution in [0.25, 0.3) is 0 Å². The average molecular weight is 683 g/mol. The highest BCUT2D eigenvalue weighted by Crippen LogP contribution is 2.50. The van der Waals surface area contributed by atoms with Crippen molar-refractivity contribution in [1.82, 2.24) is 17.2 Å². The number of hydrogen-bond donors (Lipinski definition) is 8. The number of hydrogen-bond acceptors (Lipinski definition) is 12. The lowest BCUT2D eigenvalue weighted by Crippen LogP contribution is -2.52. The maximum absolute atomic E-state index is 13.6. The van der Waals surface area contributed by atoms with Crippen molar-refractivity contribution in [2.75, 3.05) is 53.4 Å². The highest BCUT2D eigenvalue weighted by Gasteiger charge is 2.58. The van der Waals surface area contributed by atoms with Crippen LogP contribution in [0.3, 0.4) is 0 Å². The Morgan fingerprint density at radius 1 is 0.822 bits per heavy atom. The zero-order chi connectivity index (χ0) is 34.2. The summed E-state index contributed by atoms with van der Waals surface area (Å²) in [7, 11) is -7.66. The summed E-state index contributed by atoms with van der Waals surface area (Å²) in [5.74, 6) is -0.557. The zero-order valence-electron chi connectivity index (χ0n) is 27.2. The fourth-order valence-corrected chi connectivity index (χ4v) is 10.4. The molecule has 1 saturated carbocycles. The molecule has 3 fully saturated rings. The molecule has 3 rings (SSSR count). The molecule has 262 valence electrons. The van der Waals surface area contributed by atoms with Gasteiger partial charge in [0, 0.05) is 76.0 Å². The molecule has 0 amide bonds. The summed E-state index contributed by atoms with van der Waals surface area (Å²) in [5.41, 5.74) is 23.5. The van der Waals surface area contributed by atoms with Gasteiger partial charge in [0.05, 0.1) is 0 Å². The first-order chi connectivity index (χ1) is 20.5. The molecule has 2 saturated heterocycles. The number of rotatable bonds is 18. The molecular weight excluding hydrogens is 626 g/mol. The van der Waals surface area contributed by atoms with Gasteiger partial charge in [0.15, 0.2) is 0 Å². The van der Waals surface area contributed by atoms with E-state index in [1.165, 1.54) is 31.3 Å². The van der Waals surface area contributed by atoms with Crippen LogP contribution in [0.1, 0.15) is 52.4 Å². The van der Waals surface area contributed by atoms with E-state index in [4.69, 9.17) is 33.0 Å². The molecule has 0 spiro atoms. The van der Waals surface area contributed by atoms with E-state index in [2.05, 4.69) is 0 Å².